The fraction of sp³-hybridized carbons (Fsp3) is 0.800. The molecule has 4 nitrogen and oxygen atoms in total. The van der Waals surface area contributed by atoms with Gasteiger partial charge in [-0.05, 0) is 31.6 Å². The predicted molar refractivity (Wildman–Crippen MR) is 77.1 cm³/mol. The summed E-state index contributed by atoms with van der Waals surface area (Å²) in [5.74, 6) is 2.25. The van der Waals surface area contributed by atoms with Gasteiger partial charge in [0.05, 0.1) is 25.0 Å². The summed E-state index contributed by atoms with van der Waals surface area (Å²) >= 11 is 0. The van der Waals surface area contributed by atoms with Crippen LogP contribution < -0.4 is 10.5 Å². The first kappa shape index (κ1) is 14.4. The molecule has 1 heterocycles. The summed E-state index contributed by atoms with van der Waals surface area (Å²) in [7, 11) is 1.70. The maximum absolute atomic E-state index is 6.54. The van der Waals surface area contributed by atoms with E-state index < -0.39 is 0 Å². The Bertz CT molecular complexity index is 381. The second kappa shape index (κ2) is 6.42. The highest BCUT2D eigenvalue weighted by molar-refractivity contribution is 5.28. The Morgan fingerprint density at radius 1 is 1.47 bits per heavy atom. The van der Waals surface area contributed by atoms with Crippen LogP contribution in [-0.4, -0.2) is 16.9 Å². The number of ether oxygens (including phenoxy) is 1. The van der Waals surface area contributed by atoms with Crippen LogP contribution in [0.1, 0.15) is 57.7 Å². The zero-order chi connectivity index (χ0) is 13.8. The maximum atomic E-state index is 6.54. The summed E-state index contributed by atoms with van der Waals surface area (Å²) in [5.41, 5.74) is 7.62. The van der Waals surface area contributed by atoms with Crippen LogP contribution in [0.5, 0.6) is 5.75 Å². The van der Waals surface area contributed by atoms with Crippen molar-refractivity contribution in [3.05, 3.63) is 11.9 Å². The van der Waals surface area contributed by atoms with Gasteiger partial charge in [-0.3, -0.25) is 4.68 Å². The van der Waals surface area contributed by atoms with Gasteiger partial charge in [0.1, 0.15) is 0 Å². The van der Waals surface area contributed by atoms with Crippen LogP contribution in [0.2, 0.25) is 0 Å². The summed E-state index contributed by atoms with van der Waals surface area (Å²) in [6.07, 6.45) is 8.21. The molecule has 3 atom stereocenters. The monoisotopic (exact) mass is 265 g/mol. The van der Waals surface area contributed by atoms with Gasteiger partial charge in [-0.2, -0.15) is 5.10 Å². The van der Waals surface area contributed by atoms with Crippen molar-refractivity contribution < 1.29 is 4.74 Å². The largest absolute Gasteiger partial charge is 0.493 e. The fourth-order valence-corrected chi connectivity index (χ4v) is 3.38. The van der Waals surface area contributed by atoms with Gasteiger partial charge in [0, 0.05) is 6.54 Å². The molecule has 108 valence electrons. The average molecular weight is 265 g/mol. The third kappa shape index (κ3) is 2.94. The van der Waals surface area contributed by atoms with E-state index in [0.717, 1.165) is 23.9 Å². The Kier molecular flexibility index (Phi) is 4.86. The molecule has 1 aliphatic rings. The molecule has 4 heteroatoms. The van der Waals surface area contributed by atoms with E-state index in [1.54, 1.807) is 13.3 Å². The Labute approximate surface area is 116 Å². The minimum absolute atomic E-state index is 0.0479. The van der Waals surface area contributed by atoms with E-state index >= 15 is 0 Å². The molecular formula is C15H27N3O. The number of nitrogens with zero attached hydrogens (tertiary/aromatic N) is 2. The van der Waals surface area contributed by atoms with Gasteiger partial charge in [0.2, 0.25) is 0 Å². The van der Waals surface area contributed by atoms with Crippen LogP contribution in [0.25, 0.3) is 0 Å². The minimum Gasteiger partial charge on any atom is -0.493 e. The first-order valence-corrected chi connectivity index (χ1v) is 7.56. The van der Waals surface area contributed by atoms with E-state index in [1.165, 1.54) is 32.1 Å². The molecule has 0 spiro atoms. The lowest BCUT2D eigenvalue weighted by molar-refractivity contribution is 0.223. The third-order valence-electron chi connectivity index (χ3n) is 4.59. The smallest absolute Gasteiger partial charge is 0.161 e. The van der Waals surface area contributed by atoms with Crippen LogP contribution in [0.15, 0.2) is 6.20 Å². The Balaban J connectivity index is 2.18. The Morgan fingerprint density at radius 3 is 2.89 bits per heavy atom. The first-order valence-electron chi connectivity index (χ1n) is 7.56. The van der Waals surface area contributed by atoms with Gasteiger partial charge in [0.15, 0.2) is 5.75 Å². The normalized spacial score (nSPS) is 25.3. The lowest BCUT2D eigenvalue weighted by Crippen LogP contribution is -2.29. The fourth-order valence-electron chi connectivity index (χ4n) is 3.38. The molecule has 1 fully saturated rings. The van der Waals surface area contributed by atoms with Crippen molar-refractivity contribution in [1.82, 2.24) is 9.78 Å². The van der Waals surface area contributed by atoms with Crippen molar-refractivity contribution in [2.75, 3.05) is 7.11 Å². The van der Waals surface area contributed by atoms with Crippen LogP contribution in [-0.2, 0) is 6.54 Å². The molecule has 1 aliphatic carbocycles. The topological polar surface area (TPSA) is 53.1 Å². The lowest BCUT2D eigenvalue weighted by Gasteiger charge is -2.32. The zero-order valence-corrected chi connectivity index (χ0v) is 12.4. The summed E-state index contributed by atoms with van der Waals surface area (Å²) < 4.78 is 7.41. The number of methoxy groups -OCH3 is 1. The number of hydrogen-bond acceptors (Lipinski definition) is 3. The Hall–Kier alpha value is -1.03. The van der Waals surface area contributed by atoms with Gasteiger partial charge < -0.3 is 10.5 Å². The molecule has 0 amide bonds. The van der Waals surface area contributed by atoms with Crippen LogP contribution in [0, 0.1) is 11.8 Å². The molecule has 0 aliphatic heterocycles. The number of hydrogen-bond donors (Lipinski definition) is 1. The molecule has 0 bridgehead atoms. The predicted octanol–water partition coefficient (Wildman–Crippen LogP) is 3.13. The molecule has 0 saturated heterocycles. The minimum atomic E-state index is 0.0479. The van der Waals surface area contributed by atoms with Crippen molar-refractivity contribution in [2.24, 2.45) is 17.6 Å². The van der Waals surface area contributed by atoms with Gasteiger partial charge in [-0.25, -0.2) is 0 Å². The number of aryl methyl sites for hydroxylation is 1. The average Bonchev–Trinajstić information content (AvgIpc) is 2.89. The van der Waals surface area contributed by atoms with Crippen molar-refractivity contribution in [1.29, 1.82) is 0 Å². The second-order valence-corrected chi connectivity index (χ2v) is 5.64. The molecule has 0 radical (unpaired) electrons. The van der Waals surface area contributed by atoms with E-state index in [2.05, 4.69) is 18.9 Å². The standard InChI is InChI=1S/C15H27N3O/c1-4-11-7-6-8-12(9-11)14(16)15-13(19-3)10-17-18(15)5-2/h10-12,14H,4-9,16H2,1-3H3. The van der Waals surface area contributed by atoms with E-state index in [4.69, 9.17) is 10.5 Å². The number of rotatable bonds is 5. The highest BCUT2D eigenvalue weighted by Gasteiger charge is 2.30. The Morgan fingerprint density at radius 2 is 2.26 bits per heavy atom. The summed E-state index contributed by atoms with van der Waals surface area (Å²) in [6, 6.07) is 0.0479. The molecule has 3 unspecified atom stereocenters. The number of nitrogens with two attached hydrogens (primary N) is 1. The molecule has 1 saturated carbocycles. The molecule has 2 rings (SSSR count). The van der Waals surface area contributed by atoms with Crippen LogP contribution in [0.3, 0.4) is 0 Å². The quantitative estimate of drug-likeness (QED) is 0.890. The first-order chi connectivity index (χ1) is 9.21. The SMILES string of the molecule is CCC1CCCC(C(N)c2c(OC)cnn2CC)C1. The highest BCUT2D eigenvalue weighted by atomic mass is 16.5. The van der Waals surface area contributed by atoms with Crippen LogP contribution >= 0.6 is 0 Å². The van der Waals surface area contributed by atoms with Crippen LogP contribution in [0.4, 0.5) is 0 Å². The van der Waals surface area contributed by atoms with Crippen molar-refractivity contribution in [3.8, 4) is 5.75 Å². The highest BCUT2D eigenvalue weighted by Crippen LogP contribution is 2.39. The second-order valence-electron chi connectivity index (χ2n) is 5.64. The van der Waals surface area contributed by atoms with Crippen molar-refractivity contribution in [2.45, 2.75) is 58.5 Å². The van der Waals surface area contributed by atoms with E-state index in [9.17, 15) is 0 Å². The summed E-state index contributed by atoms with van der Waals surface area (Å²) in [5, 5.41) is 4.37. The molecule has 2 N–H and O–H groups in total. The zero-order valence-electron chi connectivity index (χ0n) is 12.4. The van der Waals surface area contributed by atoms with Gasteiger partial charge >= 0.3 is 0 Å². The third-order valence-corrected chi connectivity index (χ3v) is 4.59. The maximum Gasteiger partial charge on any atom is 0.161 e. The number of aromatic nitrogens is 2. The molecule has 1 aromatic heterocycles. The molecular weight excluding hydrogens is 238 g/mol. The van der Waals surface area contributed by atoms with Crippen molar-refractivity contribution >= 4 is 0 Å². The van der Waals surface area contributed by atoms with Gasteiger partial charge in [-0.1, -0.05) is 26.2 Å². The van der Waals surface area contributed by atoms with Crippen molar-refractivity contribution in [3.63, 3.8) is 0 Å². The lowest BCUT2D eigenvalue weighted by atomic mass is 9.76. The summed E-state index contributed by atoms with van der Waals surface area (Å²) in [4.78, 5) is 0. The van der Waals surface area contributed by atoms with E-state index in [0.29, 0.717) is 5.92 Å². The van der Waals surface area contributed by atoms with E-state index in [1.807, 2.05) is 4.68 Å². The molecule has 1 aromatic rings. The summed E-state index contributed by atoms with van der Waals surface area (Å²) in [6.45, 7) is 5.23. The van der Waals surface area contributed by atoms with Gasteiger partial charge in [0.25, 0.3) is 0 Å². The van der Waals surface area contributed by atoms with Gasteiger partial charge in [-0.15, -0.1) is 0 Å². The van der Waals surface area contributed by atoms with E-state index in [-0.39, 0.29) is 6.04 Å². The molecule has 0 aromatic carbocycles. The molecule has 19 heavy (non-hydrogen) atoms.